The molecule has 5 nitrogen and oxygen atoms in total. The van der Waals surface area contributed by atoms with Gasteiger partial charge in [0.05, 0.1) is 0 Å². The highest BCUT2D eigenvalue weighted by molar-refractivity contribution is 5.86. The Labute approximate surface area is 130 Å². The molecule has 2 amide bonds. The summed E-state index contributed by atoms with van der Waals surface area (Å²) in [4.78, 5) is 26.0. The van der Waals surface area contributed by atoms with Crippen LogP contribution < -0.4 is 5.32 Å². The van der Waals surface area contributed by atoms with Crippen LogP contribution >= 0.6 is 0 Å². The molecule has 1 aliphatic rings. The Morgan fingerprint density at radius 2 is 1.95 bits per heavy atom. The van der Waals surface area contributed by atoms with Gasteiger partial charge in [-0.3, -0.25) is 4.79 Å². The lowest BCUT2D eigenvalue weighted by Crippen LogP contribution is -2.47. The zero-order valence-corrected chi connectivity index (χ0v) is 12.7. The third-order valence-corrected chi connectivity index (χ3v) is 3.62. The summed E-state index contributed by atoms with van der Waals surface area (Å²) >= 11 is 0. The molecule has 0 unspecified atom stereocenters. The highest BCUT2D eigenvalue weighted by atomic mass is 16.5. The van der Waals surface area contributed by atoms with Gasteiger partial charge < -0.3 is 15.0 Å². The minimum atomic E-state index is -0.598. The number of ether oxygens (including phenoxy) is 1. The van der Waals surface area contributed by atoms with Crippen LogP contribution in [-0.2, 0) is 16.1 Å². The van der Waals surface area contributed by atoms with E-state index in [1.165, 1.54) is 0 Å². The van der Waals surface area contributed by atoms with E-state index in [1.54, 1.807) is 11.0 Å². The summed E-state index contributed by atoms with van der Waals surface area (Å²) in [5.41, 5.74) is 0.906. The van der Waals surface area contributed by atoms with Crippen molar-refractivity contribution in [1.82, 2.24) is 10.2 Å². The van der Waals surface area contributed by atoms with Gasteiger partial charge in [0.1, 0.15) is 12.6 Å². The number of carbonyl (C=O) groups excluding carboxylic acids is 2. The van der Waals surface area contributed by atoms with Gasteiger partial charge in [-0.15, -0.1) is 6.58 Å². The van der Waals surface area contributed by atoms with Crippen molar-refractivity contribution >= 4 is 12.0 Å². The highest BCUT2D eigenvalue weighted by Gasteiger charge is 2.27. The minimum Gasteiger partial charge on any atom is -0.445 e. The Morgan fingerprint density at radius 3 is 2.59 bits per heavy atom. The molecule has 2 rings (SSSR count). The maximum absolute atomic E-state index is 12.4. The molecule has 1 N–H and O–H groups in total. The summed E-state index contributed by atoms with van der Waals surface area (Å²) in [5.74, 6) is -0.0611. The Balaban J connectivity index is 1.85. The van der Waals surface area contributed by atoms with Crippen LogP contribution in [0.4, 0.5) is 4.79 Å². The minimum absolute atomic E-state index is 0.0611. The highest BCUT2D eigenvalue weighted by Crippen LogP contribution is 2.11. The summed E-state index contributed by atoms with van der Waals surface area (Å²) in [5, 5.41) is 2.64. The van der Waals surface area contributed by atoms with Crippen molar-refractivity contribution < 1.29 is 14.3 Å². The Kier molecular flexibility index (Phi) is 6.01. The van der Waals surface area contributed by atoms with Crippen molar-refractivity contribution in [3.8, 4) is 0 Å². The predicted octanol–water partition coefficient (Wildman–Crippen LogP) is 2.48. The van der Waals surface area contributed by atoms with Gasteiger partial charge in [-0.2, -0.15) is 0 Å². The molecule has 1 atom stereocenters. The van der Waals surface area contributed by atoms with E-state index in [0.717, 1.165) is 31.5 Å². The second-order valence-electron chi connectivity index (χ2n) is 5.32. The largest absolute Gasteiger partial charge is 0.445 e. The van der Waals surface area contributed by atoms with Crippen molar-refractivity contribution in [3.63, 3.8) is 0 Å². The topological polar surface area (TPSA) is 58.6 Å². The third kappa shape index (κ3) is 4.62. The zero-order chi connectivity index (χ0) is 15.8. The van der Waals surface area contributed by atoms with Gasteiger partial charge in [-0.1, -0.05) is 36.4 Å². The van der Waals surface area contributed by atoms with E-state index < -0.39 is 12.1 Å². The molecule has 0 aromatic heterocycles. The molecule has 0 bridgehead atoms. The molecule has 1 aromatic rings. The molecule has 1 saturated heterocycles. The number of rotatable bonds is 6. The van der Waals surface area contributed by atoms with Crippen LogP contribution in [0, 0.1) is 0 Å². The lowest BCUT2D eigenvalue weighted by atomic mass is 10.2. The summed E-state index contributed by atoms with van der Waals surface area (Å²) in [6.45, 7) is 5.35. The van der Waals surface area contributed by atoms with Crippen molar-refractivity contribution in [2.24, 2.45) is 0 Å². The zero-order valence-electron chi connectivity index (χ0n) is 12.7. The van der Waals surface area contributed by atoms with E-state index in [9.17, 15) is 9.59 Å². The van der Waals surface area contributed by atoms with Gasteiger partial charge >= 0.3 is 6.09 Å². The van der Waals surface area contributed by atoms with Gasteiger partial charge in [0.2, 0.25) is 5.91 Å². The third-order valence-electron chi connectivity index (χ3n) is 3.62. The number of benzene rings is 1. The average Bonchev–Trinajstić information content (AvgIpc) is 3.07. The van der Waals surface area contributed by atoms with Gasteiger partial charge in [-0.05, 0) is 24.8 Å². The van der Waals surface area contributed by atoms with Gasteiger partial charge in [-0.25, -0.2) is 4.79 Å². The van der Waals surface area contributed by atoms with Crippen LogP contribution in [0.3, 0.4) is 0 Å². The van der Waals surface area contributed by atoms with Crippen LogP contribution in [0.5, 0.6) is 0 Å². The fourth-order valence-electron chi connectivity index (χ4n) is 2.45. The van der Waals surface area contributed by atoms with E-state index in [2.05, 4.69) is 11.9 Å². The summed E-state index contributed by atoms with van der Waals surface area (Å²) in [7, 11) is 0. The van der Waals surface area contributed by atoms with E-state index in [1.807, 2.05) is 30.3 Å². The lowest BCUT2D eigenvalue weighted by molar-refractivity contribution is -0.132. The van der Waals surface area contributed by atoms with Crippen LogP contribution in [-0.4, -0.2) is 36.0 Å². The maximum Gasteiger partial charge on any atom is 0.408 e. The smallest absolute Gasteiger partial charge is 0.408 e. The molecule has 1 fully saturated rings. The van der Waals surface area contributed by atoms with Crippen LogP contribution in [0.25, 0.3) is 0 Å². The van der Waals surface area contributed by atoms with Crippen LogP contribution in [0.2, 0.25) is 0 Å². The predicted molar refractivity (Wildman–Crippen MR) is 84.2 cm³/mol. The first-order valence-corrected chi connectivity index (χ1v) is 7.57. The van der Waals surface area contributed by atoms with Gasteiger partial charge in [0.25, 0.3) is 0 Å². The molecule has 0 saturated carbocycles. The Hall–Kier alpha value is -2.30. The molecule has 0 spiro atoms. The molecular weight excluding hydrogens is 280 g/mol. The number of alkyl carbamates (subject to hydrolysis) is 1. The van der Waals surface area contributed by atoms with E-state index in [-0.39, 0.29) is 12.5 Å². The second kappa shape index (κ2) is 8.22. The van der Waals surface area contributed by atoms with Crippen molar-refractivity contribution in [1.29, 1.82) is 0 Å². The summed E-state index contributed by atoms with van der Waals surface area (Å²) in [6, 6.07) is 8.83. The average molecular weight is 302 g/mol. The molecule has 0 aliphatic carbocycles. The van der Waals surface area contributed by atoms with E-state index in [4.69, 9.17) is 4.74 Å². The first kappa shape index (κ1) is 16.1. The fourth-order valence-corrected chi connectivity index (χ4v) is 2.45. The quantitative estimate of drug-likeness (QED) is 0.821. The number of nitrogens with one attached hydrogen (secondary N) is 1. The molecule has 1 aromatic carbocycles. The molecular formula is C17H22N2O3. The van der Waals surface area contributed by atoms with E-state index in [0.29, 0.717) is 6.42 Å². The maximum atomic E-state index is 12.4. The second-order valence-corrected chi connectivity index (χ2v) is 5.32. The van der Waals surface area contributed by atoms with Crippen LogP contribution in [0.15, 0.2) is 43.0 Å². The SMILES string of the molecule is C=CC[C@@H](NC(=O)OCc1ccccc1)C(=O)N1CCCC1. The van der Waals surface area contributed by atoms with Crippen molar-refractivity contribution in [2.45, 2.75) is 31.9 Å². The normalized spacial score (nSPS) is 15.2. The molecule has 1 aliphatic heterocycles. The molecule has 5 heteroatoms. The molecule has 1 heterocycles. The van der Waals surface area contributed by atoms with E-state index >= 15 is 0 Å². The monoisotopic (exact) mass is 302 g/mol. The molecule has 118 valence electrons. The number of likely N-dealkylation sites (tertiary alicyclic amines) is 1. The number of hydrogen-bond acceptors (Lipinski definition) is 3. The number of hydrogen-bond donors (Lipinski definition) is 1. The molecule has 22 heavy (non-hydrogen) atoms. The lowest BCUT2D eigenvalue weighted by Gasteiger charge is -2.23. The summed E-state index contributed by atoms with van der Waals surface area (Å²) < 4.78 is 5.16. The standard InChI is InChI=1S/C17H22N2O3/c1-2-8-15(16(20)19-11-6-7-12-19)18-17(21)22-13-14-9-4-3-5-10-14/h2-5,9-10,15H,1,6-8,11-13H2,(H,18,21)/t15-/m1/s1. The summed E-state index contributed by atoms with van der Waals surface area (Å²) in [6.07, 6.45) is 3.49. The van der Waals surface area contributed by atoms with Crippen molar-refractivity contribution in [3.05, 3.63) is 48.6 Å². The number of nitrogens with zero attached hydrogens (tertiary/aromatic N) is 1. The number of carbonyl (C=O) groups is 2. The van der Waals surface area contributed by atoms with Gasteiger partial charge in [0, 0.05) is 13.1 Å². The van der Waals surface area contributed by atoms with Gasteiger partial charge in [0.15, 0.2) is 0 Å². The number of amides is 2. The fraction of sp³-hybridized carbons (Fsp3) is 0.412. The van der Waals surface area contributed by atoms with Crippen molar-refractivity contribution in [2.75, 3.05) is 13.1 Å². The Bertz CT molecular complexity index is 510. The first-order valence-electron chi connectivity index (χ1n) is 7.57. The molecule has 0 radical (unpaired) electrons. The van der Waals surface area contributed by atoms with Crippen LogP contribution in [0.1, 0.15) is 24.8 Å². The Morgan fingerprint density at radius 1 is 1.27 bits per heavy atom. The first-order chi connectivity index (χ1) is 10.7.